The summed E-state index contributed by atoms with van der Waals surface area (Å²) in [6.45, 7) is 8.11. The number of carboxylic acids is 1. The number of aromatic nitrogens is 1. The fourth-order valence-corrected chi connectivity index (χ4v) is 2.49. The van der Waals surface area contributed by atoms with E-state index in [1.807, 2.05) is 18.2 Å². The molecule has 3 nitrogen and oxygen atoms in total. The molecule has 1 aromatic heterocycles. The topological polar surface area (TPSA) is 42.2 Å². The van der Waals surface area contributed by atoms with Crippen LogP contribution in [0.5, 0.6) is 0 Å². The highest BCUT2D eigenvalue weighted by Crippen LogP contribution is 2.27. The van der Waals surface area contributed by atoms with Gasteiger partial charge in [-0.1, -0.05) is 6.07 Å². The van der Waals surface area contributed by atoms with Gasteiger partial charge in [-0.05, 0) is 51.5 Å². The van der Waals surface area contributed by atoms with Crippen molar-refractivity contribution >= 4 is 16.9 Å². The molecule has 0 spiro atoms. The number of carboxylic acid groups (broad SMARTS) is 1. The van der Waals surface area contributed by atoms with Gasteiger partial charge in [-0.2, -0.15) is 0 Å². The minimum Gasteiger partial charge on any atom is -0.481 e. The summed E-state index contributed by atoms with van der Waals surface area (Å²) in [7, 11) is 0. The van der Waals surface area contributed by atoms with E-state index in [1.165, 1.54) is 11.2 Å². The summed E-state index contributed by atoms with van der Waals surface area (Å²) in [6.07, 6.45) is 0. The summed E-state index contributed by atoms with van der Waals surface area (Å²) in [5, 5.41) is 10.2. The Balaban J connectivity index is 2.58. The zero-order chi connectivity index (χ0) is 13.4. The Hall–Kier alpha value is -1.77. The van der Waals surface area contributed by atoms with Gasteiger partial charge in [0, 0.05) is 22.6 Å². The van der Waals surface area contributed by atoms with E-state index in [4.69, 9.17) is 5.11 Å². The molecule has 1 heterocycles. The Labute approximate surface area is 107 Å². The smallest absolute Gasteiger partial charge is 0.310 e. The monoisotopic (exact) mass is 245 g/mol. The average Bonchev–Trinajstić information content (AvgIpc) is 2.62. The second-order valence-electron chi connectivity index (χ2n) is 5.13. The van der Waals surface area contributed by atoms with E-state index >= 15 is 0 Å². The van der Waals surface area contributed by atoms with Crippen LogP contribution in [-0.4, -0.2) is 15.6 Å². The lowest BCUT2D eigenvalue weighted by atomic mass is 10.00. The molecule has 0 radical (unpaired) electrons. The van der Waals surface area contributed by atoms with Gasteiger partial charge in [0.25, 0.3) is 0 Å². The van der Waals surface area contributed by atoms with Gasteiger partial charge in [-0.3, -0.25) is 4.79 Å². The summed E-state index contributed by atoms with van der Waals surface area (Å²) in [6, 6.07) is 8.45. The SMILES string of the molecule is Cc1cc2cc(C(C)C(=O)O)ccc2n1C(C)C. The third kappa shape index (κ3) is 2.01. The van der Waals surface area contributed by atoms with Crippen molar-refractivity contribution in [1.82, 2.24) is 4.57 Å². The quantitative estimate of drug-likeness (QED) is 0.895. The van der Waals surface area contributed by atoms with Crippen molar-refractivity contribution in [2.45, 2.75) is 39.7 Å². The van der Waals surface area contributed by atoms with Crippen molar-refractivity contribution in [3.8, 4) is 0 Å². The number of carbonyl (C=O) groups is 1. The minimum atomic E-state index is -0.783. The maximum Gasteiger partial charge on any atom is 0.310 e. The average molecular weight is 245 g/mol. The maximum absolute atomic E-state index is 11.0. The number of rotatable bonds is 3. The van der Waals surface area contributed by atoms with Crippen LogP contribution < -0.4 is 0 Å². The Morgan fingerprint density at radius 3 is 2.44 bits per heavy atom. The van der Waals surface area contributed by atoms with E-state index < -0.39 is 11.9 Å². The second-order valence-corrected chi connectivity index (χ2v) is 5.13. The molecule has 2 aromatic rings. The molecule has 0 saturated carbocycles. The van der Waals surface area contributed by atoms with Gasteiger partial charge in [-0.25, -0.2) is 0 Å². The largest absolute Gasteiger partial charge is 0.481 e. The summed E-state index contributed by atoms with van der Waals surface area (Å²) >= 11 is 0. The Kier molecular flexibility index (Phi) is 3.16. The second kappa shape index (κ2) is 4.48. The van der Waals surface area contributed by atoms with E-state index in [0.29, 0.717) is 6.04 Å². The zero-order valence-electron chi connectivity index (χ0n) is 11.3. The molecule has 1 N–H and O–H groups in total. The van der Waals surface area contributed by atoms with E-state index in [1.54, 1.807) is 6.92 Å². The van der Waals surface area contributed by atoms with E-state index in [-0.39, 0.29) is 0 Å². The number of hydrogen-bond donors (Lipinski definition) is 1. The van der Waals surface area contributed by atoms with Crippen LogP contribution in [0.4, 0.5) is 0 Å². The molecule has 96 valence electrons. The number of benzene rings is 1. The molecule has 0 fully saturated rings. The van der Waals surface area contributed by atoms with Crippen molar-refractivity contribution in [3.63, 3.8) is 0 Å². The third-order valence-corrected chi connectivity index (χ3v) is 3.44. The first kappa shape index (κ1) is 12.7. The van der Waals surface area contributed by atoms with Gasteiger partial charge >= 0.3 is 5.97 Å². The molecule has 18 heavy (non-hydrogen) atoms. The van der Waals surface area contributed by atoms with Crippen LogP contribution in [-0.2, 0) is 4.79 Å². The Bertz CT molecular complexity index is 596. The molecule has 1 unspecified atom stereocenters. The van der Waals surface area contributed by atoms with E-state index in [9.17, 15) is 4.79 Å². The van der Waals surface area contributed by atoms with Crippen molar-refractivity contribution in [3.05, 3.63) is 35.5 Å². The maximum atomic E-state index is 11.0. The summed E-state index contributed by atoms with van der Waals surface area (Å²) in [4.78, 5) is 11.0. The molecule has 0 saturated heterocycles. The van der Waals surface area contributed by atoms with E-state index in [2.05, 4.69) is 31.4 Å². The first-order valence-corrected chi connectivity index (χ1v) is 6.26. The van der Waals surface area contributed by atoms with Gasteiger partial charge in [0.2, 0.25) is 0 Å². The molecule has 3 heteroatoms. The molecule has 0 aliphatic rings. The lowest BCUT2D eigenvalue weighted by Gasteiger charge is -2.13. The Morgan fingerprint density at radius 1 is 1.22 bits per heavy atom. The van der Waals surface area contributed by atoms with Gasteiger partial charge < -0.3 is 9.67 Å². The molecule has 1 aromatic carbocycles. The fourth-order valence-electron chi connectivity index (χ4n) is 2.49. The molecule has 0 aliphatic carbocycles. The third-order valence-electron chi connectivity index (χ3n) is 3.44. The summed E-state index contributed by atoms with van der Waals surface area (Å²) < 4.78 is 2.27. The number of hydrogen-bond acceptors (Lipinski definition) is 1. The van der Waals surface area contributed by atoms with Crippen molar-refractivity contribution in [2.75, 3.05) is 0 Å². The van der Waals surface area contributed by atoms with Crippen LogP contribution in [0.25, 0.3) is 10.9 Å². The molecule has 1 atom stereocenters. The van der Waals surface area contributed by atoms with Crippen LogP contribution in [0.2, 0.25) is 0 Å². The fraction of sp³-hybridized carbons (Fsp3) is 0.400. The van der Waals surface area contributed by atoms with Gasteiger partial charge in [-0.15, -0.1) is 0 Å². The zero-order valence-corrected chi connectivity index (χ0v) is 11.3. The summed E-state index contributed by atoms with van der Waals surface area (Å²) in [5.41, 5.74) is 3.24. The minimum absolute atomic E-state index is 0.408. The number of nitrogens with zero attached hydrogens (tertiary/aromatic N) is 1. The normalized spacial score (nSPS) is 13.2. The number of fused-ring (bicyclic) bond motifs is 1. The van der Waals surface area contributed by atoms with Crippen LogP contribution in [0.3, 0.4) is 0 Å². The predicted octanol–water partition coefficient (Wildman–Crippen LogP) is 3.72. The first-order chi connectivity index (χ1) is 8.41. The Morgan fingerprint density at radius 2 is 1.89 bits per heavy atom. The molecule has 0 bridgehead atoms. The standard InChI is InChI=1S/C15H19NO2/c1-9(2)16-10(3)7-13-8-12(5-6-14(13)16)11(4)15(17)18/h5-9,11H,1-4H3,(H,17,18). The van der Waals surface area contributed by atoms with Crippen molar-refractivity contribution < 1.29 is 9.90 Å². The van der Waals surface area contributed by atoms with Crippen molar-refractivity contribution in [1.29, 1.82) is 0 Å². The van der Waals surface area contributed by atoms with Gasteiger partial charge in [0.15, 0.2) is 0 Å². The highest BCUT2D eigenvalue weighted by molar-refractivity contribution is 5.84. The molecule has 0 amide bonds. The van der Waals surface area contributed by atoms with Crippen LogP contribution in [0, 0.1) is 6.92 Å². The molecular weight excluding hydrogens is 226 g/mol. The molecule has 0 aliphatic heterocycles. The number of aliphatic carboxylic acids is 1. The predicted molar refractivity (Wildman–Crippen MR) is 73.1 cm³/mol. The van der Waals surface area contributed by atoms with E-state index in [0.717, 1.165) is 10.9 Å². The van der Waals surface area contributed by atoms with Gasteiger partial charge in [0.1, 0.15) is 0 Å². The first-order valence-electron chi connectivity index (χ1n) is 6.26. The lowest BCUT2D eigenvalue weighted by molar-refractivity contribution is -0.138. The van der Waals surface area contributed by atoms with Crippen LogP contribution in [0.15, 0.2) is 24.3 Å². The highest BCUT2D eigenvalue weighted by Gasteiger charge is 2.15. The van der Waals surface area contributed by atoms with Gasteiger partial charge in [0.05, 0.1) is 5.92 Å². The summed E-state index contributed by atoms with van der Waals surface area (Å²) in [5.74, 6) is -1.24. The number of aryl methyl sites for hydroxylation is 1. The van der Waals surface area contributed by atoms with Crippen molar-refractivity contribution in [2.24, 2.45) is 0 Å². The lowest BCUT2D eigenvalue weighted by Crippen LogP contribution is -2.07. The van der Waals surface area contributed by atoms with Crippen LogP contribution >= 0.6 is 0 Å². The highest BCUT2D eigenvalue weighted by atomic mass is 16.4. The molecular formula is C15H19NO2. The molecule has 2 rings (SSSR count). The van der Waals surface area contributed by atoms with Crippen LogP contribution in [0.1, 0.15) is 44.0 Å².